The first-order valence-electron chi connectivity index (χ1n) is 19.3. The van der Waals surface area contributed by atoms with E-state index in [0.29, 0.717) is 0 Å². The third kappa shape index (κ3) is 5.68. The molecule has 0 amide bonds. The summed E-state index contributed by atoms with van der Waals surface area (Å²) in [5, 5.41) is 155. The van der Waals surface area contributed by atoms with Crippen LogP contribution in [0.5, 0.6) is 86.2 Å². The van der Waals surface area contributed by atoms with E-state index in [0.717, 1.165) is 60.7 Å². The van der Waals surface area contributed by atoms with Crippen LogP contribution in [0.4, 0.5) is 0 Å². The number of hydrogen-bond acceptors (Lipinski definition) is 18. The van der Waals surface area contributed by atoms with Gasteiger partial charge in [-0.15, -0.1) is 0 Å². The summed E-state index contributed by atoms with van der Waals surface area (Å²) in [7, 11) is 0. The van der Waals surface area contributed by atoms with Gasteiger partial charge in [0.15, 0.2) is 40.6 Å². The van der Waals surface area contributed by atoms with Crippen LogP contribution in [0.25, 0.3) is 0 Å². The minimum Gasteiger partial charge on any atom is -0.508 e. The van der Waals surface area contributed by atoms with Crippen LogP contribution in [-0.4, -0.2) is 89.8 Å². The first kappa shape index (κ1) is 39.3. The molecule has 4 heterocycles. The molecular weight excluding hydrogens is 828 g/mol. The average Bonchev–Trinajstić information content (AvgIpc) is 3.22. The summed E-state index contributed by atoms with van der Waals surface area (Å²) in [5.74, 6) is -12.6. The predicted octanol–water partition coefficient (Wildman–Crippen LogP) is 4.24. The number of aliphatic hydroxyl groups excluding tert-OH is 3. The number of ether oxygens (including phenoxy) is 4. The van der Waals surface area contributed by atoms with Crippen molar-refractivity contribution < 1.29 is 90.4 Å². The van der Waals surface area contributed by atoms with Crippen LogP contribution in [0.2, 0.25) is 0 Å². The van der Waals surface area contributed by atoms with Crippen LogP contribution in [0.1, 0.15) is 68.6 Å². The molecule has 0 saturated heterocycles. The highest BCUT2D eigenvalue weighted by molar-refractivity contribution is 5.72. The monoisotopic (exact) mass is 864 g/mol. The molecule has 0 saturated carbocycles. The van der Waals surface area contributed by atoms with E-state index < -0.39 is 111 Å². The van der Waals surface area contributed by atoms with Crippen molar-refractivity contribution in [3.05, 3.63) is 123 Å². The zero-order valence-electron chi connectivity index (χ0n) is 32.1. The molecule has 10 rings (SSSR count). The number of phenolic OH excluding ortho intramolecular Hbond substituents is 11. The second-order valence-corrected chi connectivity index (χ2v) is 15.9. The van der Waals surface area contributed by atoms with Gasteiger partial charge in [0.2, 0.25) is 0 Å². The van der Waals surface area contributed by atoms with E-state index in [1.165, 1.54) is 18.2 Å². The summed E-state index contributed by atoms with van der Waals surface area (Å²) in [5.41, 5.74) is -0.583. The Balaban J connectivity index is 1.25. The number of rotatable bonds is 4. The van der Waals surface area contributed by atoms with Gasteiger partial charge >= 0.3 is 5.79 Å². The highest BCUT2D eigenvalue weighted by Gasteiger charge is 2.61. The minimum atomic E-state index is -2.31. The number of hydrogen-bond donors (Lipinski definition) is 14. The Labute approximate surface area is 354 Å². The van der Waals surface area contributed by atoms with Crippen LogP contribution in [0.15, 0.2) is 78.9 Å². The molecule has 324 valence electrons. The van der Waals surface area contributed by atoms with Gasteiger partial charge in [0, 0.05) is 64.1 Å². The molecule has 6 aromatic rings. The third-order valence-electron chi connectivity index (χ3n) is 12.2. The summed E-state index contributed by atoms with van der Waals surface area (Å²) in [4.78, 5) is 0. The Morgan fingerprint density at radius 1 is 0.444 bits per heavy atom. The molecule has 0 aliphatic carbocycles. The van der Waals surface area contributed by atoms with Gasteiger partial charge in [-0.3, -0.25) is 0 Å². The second kappa shape index (κ2) is 13.6. The van der Waals surface area contributed by atoms with Crippen LogP contribution >= 0.6 is 0 Å². The van der Waals surface area contributed by atoms with Crippen molar-refractivity contribution in [1.82, 2.24) is 0 Å². The topological polar surface area (TPSA) is 320 Å². The first-order chi connectivity index (χ1) is 30.0. The molecule has 18 nitrogen and oxygen atoms in total. The molecule has 0 aromatic heterocycles. The van der Waals surface area contributed by atoms with E-state index in [-0.39, 0.29) is 73.9 Å². The molecule has 2 bridgehead atoms. The highest BCUT2D eigenvalue weighted by atomic mass is 16.7. The number of aromatic hydroxyl groups is 11. The summed E-state index contributed by atoms with van der Waals surface area (Å²) in [6.45, 7) is 0. The van der Waals surface area contributed by atoms with Crippen LogP contribution in [-0.2, 0) is 12.2 Å². The van der Waals surface area contributed by atoms with Gasteiger partial charge in [-0.05, 0) is 53.6 Å². The molecule has 0 spiro atoms. The molecule has 0 unspecified atom stereocenters. The van der Waals surface area contributed by atoms with E-state index >= 15 is 0 Å². The zero-order valence-corrected chi connectivity index (χ0v) is 32.1. The molecule has 8 atom stereocenters. The average molecular weight is 865 g/mol. The van der Waals surface area contributed by atoms with Gasteiger partial charge < -0.3 is 90.4 Å². The maximum atomic E-state index is 12.5. The molecule has 6 aromatic carbocycles. The fraction of sp³-hybridized carbons (Fsp3) is 0.200. The van der Waals surface area contributed by atoms with Gasteiger partial charge in [0.05, 0.1) is 17.9 Å². The van der Waals surface area contributed by atoms with Gasteiger partial charge in [-0.1, -0.05) is 12.1 Å². The maximum absolute atomic E-state index is 12.5. The Kier molecular flexibility index (Phi) is 8.49. The quantitative estimate of drug-likeness (QED) is 0.110. The lowest BCUT2D eigenvalue weighted by Crippen LogP contribution is -2.57. The van der Waals surface area contributed by atoms with E-state index in [2.05, 4.69) is 0 Å². The van der Waals surface area contributed by atoms with Crippen molar-refractivity contribution in [1.29, 1.82) is 0 Å². The zero-order chi connectivity index (χ0) is 44.5. The van der Waals surface area contributed by atoms with E-state index in [9.17, 15) is 71.5 Å². The van der Waals surface area contributed by atoms with Crippen LogP contribution in [0.3, 0.4) is 0 Å². The number of aliphatic hydroxyl groups is 3. The summed E-state index contributed by atoms with van der Waals surface area (Å²) < 4.78 is 25.6. The molecule has 4 aliphatic heterocycles. The minimum absolute atomic E-state index is 0.0325. The summed E-state index contributed by atoms with van der Waals surface area (Å²) in [6, 6.07) is 14.8. The molecule has 0 fully saturated rings. The van der Waals surface area contributed by atoms with Crippen molar-refractivity contribution in [2.24, 2.45) is 0 Å². The fourth-order valence-electron chi connectivity index (χ4n) is 9.32. The lowest BCUT2D eigenvalue weighted by Gasteiger charge is -2.51. The lowest BCUT2D eigenvalue weighted by atomic mass is 9.71. The standard InChI is InChI=1S/C45H36O18/c46-18-10-27(54)33-31(11-18)62-45(17-3-6-22(49)26(53)9-17)44(59)38(33)36-32(63-45)14-29(56)35-37(39(58)41(61-43(35)36)16-2-5-21(48)25(52)8-16)34-28(55)13-23(50)19-12-30(57)40(60-42(19)34)15-1-4-20(47)24(51)7-15/h1-11,13-14,30,37-41,44,46-59H,12H2/t30-,37+,38-,39+,40-,41+,44+,45-/m0/s1. The fourth-order valence-corrected chi connectivity index (χ4v) is 9.32. The second-order valence-electron chi connectivity index (χ2n) is 15.9. The normalized spacial score (nSPS) is 25.2. The SMILES string of the molecule is Oc1cc(O)c2c(c1)O[C@@]1(c3ccc(O)c(O)c3)Oc3cc(O)c4c(c3[C@H]2[C@H]1O)O[C@H](c1ccc(O)c(O)c1)[C@H](O)[C@@H]4c1c(O)cc(O)c2c1O[C@@H](c1ccc(O)c(O)c1)[C@@H](O)C2. The molecule has 14 N–H and O–H groups in total. The van der Waals surface area contributed by atoms with Crippen molar-refractivity contribution in [3.63, 3.8) is 0 Å². The third-order valence-corrected chi connectivity index (χ3v) is 12.2. The Hall–Kier alpha value is -7.80. The first-order valence-corrected chi connectivity index (χ1v) is 19.3. The lowest BCUT2D eigenvalue weighted by molar-refractivity contribution is -0.219. The number of phenols is 11. The molecular formula is C45H36O18. The Morgan fingerprint density at radius 3 is 1.62 bits per heavy atom. The Morgan fingerprint density at radius 2 is 0.984 bits per heavy atom. The smallest absolute Gasteiger partial charge is 0.305 e. The van der Waals surface area contributed by atoms with Crippen LogP contribution < -0.4 is 18.9 Å². The van der Waals surface area contributed by atoms with Gasteiger partial charge in [0.25, 0.3) is 0 Å². The molecule has 4 aliphatic rings. The van der Waals surface area contributed by atoms with Gasteiger partial charge in [-0.25, -0.2) is 0 Å². The van der Waals surface area contributed by atoms with E-state index in [1.54, 1.807) is 0 Å². The summed E-state index contributed by atoms with van der Waals surface area (Å²) >= 11 is 0. The van der Waals surface area contributed by atoms with Gasteiger partial charge in [0.1, 0.15) is 70.1 Å². The molecule has 63 heavy (non-hydrogen) atoms. The van der Waals surface area contributed by atoms with Crippen molar-refractivity contribution in [3.8, 4) is 86.2 Å². The highest BCUT2D eigenvalue weighted by Crippen LogP contribution is 2.65. The summed E-state index contributed by atoms with van der Waals surface area (Å²) in [6.07, 6.45) is -8.29. The van der Waals surface area contributed by atoms with Crippen LogP contribution in [0, 0.1) is 0 Å². The van der Waals surface area contributed by atoms with Crippen molar-refractivity contribution >= 4 is 0 Å². The van der Waals surface area contributed by atoms with Crippen molar-refractivity contribution in [2.45, 2.75) is 54.6 Å². The number of fused-ring (bicyclic) bond motifs is 9. The maximum Gasteiger partial charge on any atom is 0.305 e. The van der Waals surface area contributed by atoms with E-state index in [1.807, 2.05) is 0 Å². The van der Waals surface area contributed by atoms with Gasteiger partial charge in [-0.2, -0.15) is 0 Å². The molecule has 18 heteroatoms. The van der Waals surface area contributed by atoms with Crippen molar-refractivity contribution in [2.75, 3.05) is 0 Å². The largest absolute Gasteiger partial charge is 0.508 e. The number of benzene rings is 6. The Bertz CT molecular complexity index is 2910. The molecule has 0 radical (unpaired) electrons. The van der Waals surface area contributed by atoms with E-state index in [4.69, 9.17) is 18.9 Å². The predicted molar refractivity (Wildman–Crippen MR) is 212 cm³/mol.